The average molecular weight is 392 g/mol. The van der Waals surface area contributed by atoms with Crippen LogP contribution in [0.15, 0.2) is 24.3 Å². The molecule has 2 rings (SSSR count). The van der Waals surface area contributed by atoms with Gasteiger partial charge in [-0.05, 0) is 41.5 Å². The van der Waals surface area contributed by atoms with Crippen molar-refractivity contribution in [3.8, 4) is 28.7 Å². The maximum Gasteiger partial charge on any atom is 0.336 e. The maximum absolute atomic E-state index is 14.1. The highest BCUT2D eigenvalue weighted by Gasteiger charge is 2.19. The van der Waals surface area contributed by atoms with E-state index in [-0.39, 0.29) is 17.1 Å². The Balaban J connectivity index is 2.69. The smallest absolute Gasteiger partial charge is 0.336 e. The highest BCUT2D eigenvalue weighted by molar-refractivity contribution is 6.21. The second-order valence-corrected chi connectivity index (χ2v) is 5.52. The summed E-state index contributed by atoms with van der Waals surface area (Å²) in [6, 6.07) is 5.77. The summed E-state index contributed by atoms with van der Waals surface area (Å²) in [5, 5.41) is 9.73. The van der Waals surface area contributed by atoms with Crippen molar-refractivity contribution in [1.82, 2.24) is 0 Å². The van der Waals surface area contributed by atoms with Gasteiger partial charge in [-0.1, -0.05) is 0 Å². The Bertz CT molecular complexity index is 855. The van der Waals surface area contributed by atoms with E-state index in [1.54, 1.807) is 0 Å². The number of rotatable bonds is 8. The molecule has 2 aromatic rings. The first-order chi connectivity index (χ1) is 13.4. The van der Waals surface area contributed by atoms with Crippen molar-refractivity contribution in [2.24, 2.45) is 0 Å². The predicted octanol–water partition coefficient (Wildman–Crippen LogP) is 3.49. The number of carboxylic acids is 1. The molecule has 8 heteroatoms. The van der Waals surface area contributed by atoms with Crippen LogP contribution in [0.2, 0.25) is 0 Å². The molecule has 150 valence electrons. The Morgan fingerprint density at radius 2 is 1.29 bits per heavy atom. The lowest BCUT2D eigenvalue weighted by molar-refractivity contribution is -0.130. The molecule has 0 aromatic heterocycles. The lowest BCUT2D eigenvalue weighted by Crippen LogP contribution is -2.03. The molecule has 0 aliphatic rings. The molecule has 0 spiro atoms. The second-order valence-electron chi connectivity index (χ2n) is 5.52. The Hall–Kier alpha value is -3.42. The number of carboxylic acid groups (broad SMARTS) is 1. The summed E-state index contributed by atoms with van der Waals surface area (Å²) < 4.78 is 39.9. The van der Waals surface area contributed by atoms with Crippen LogP contribution in [0.3, 0.4) is 0 Å². The van der Waals surface area contributed by atoms with E-state index in [0.29, 0.717) is 28.4 Å². The molecule has 0 atom stereocenters. The molecule has 0 amide bonds. The molecular formula is C20H21FO7. The molecule has 28 heavy (non-hydrogen) atoms. The molecular weight excluding hydrogens is 371 g/mol. The van der Waals surface area contributed by atoms with Crippen LogP contribution in [-0.2, 0) is 4.79 Å². The van der Waals surface area contributed by atoms with Crippen molar-refractivity contribution >= 4 is 17.6 Å². The fourth-order valence-corrected chi connectivity index (χ4v) is 2.64. The van der Waals surface area contributed by atoms with E-state index in [2.05, 4.69) is 0 Å². The van der Waals surface area contributed by atoms with Gasteiger partial charge in [0.25, 0.3) is 0 Å². The molecule has 2 aromatic carbocycles. The molecule has 0 fully saturated rings. The fourth-order valence-electron chi connectivity index (χ4n) is 2.64. The number of benzene rings is 2. The largest absolute Gasteiger partial charge is 0.494 e. The van der Waals surface area contributed by atoms with E-state index in [4.69, 9.17) is 23.7 Å². The Kier molecular flexibility index (Phi) is 6.70. The zero-order valence-electron chi connectivity index (χ0n) is 16.2. The summed E-state index contributed by atoms with van der Waals surface area (Å²) in [4.78, 5) is 11.9. The normalized spacial score (nSPS) is 11.0. The summed E-state index contributed by atoms with van der Waals surface area (Å²) in [7, 11) is 6.93. The van der Waals surface area contributed by atoms with Crippen LogP contribution in [0.4, 0.5) is 4.39 Å². The lowest BCUT2D eigenvalue weighted by atomic mass is 10.0. The molecule has 0 bridgehead atoms. The quantitative estimate of drug-likeness (QED) is 0.544. The van der Waals surface area contributed by atoms with Crippen molar-refractivity contribution in [3.63, 3.8) is 0 Å². The van der Waals surface area contributed by atoms with E-state index in [0.717, 1.165) is 0 Å². The number of methoxy groups -OCH3 is 5. The van der Waals surface area contributed by atoms with Crippen LogP contribution >= 0.6 is 0 Å². The van der Waals surface area contributed by atoms with Gasteiger partial charge in [0.2, 0.25) is 11.6 Å². The summed E-state index contributed by atoms with van der Waals surface area (Å²) in [5.41, 5.74) is 0.612. The molecule has 0 radical (unpaired) electrons. The number of halogens is 1. The van der Waals surface area contributed by atoms with Crippen LogP contribution in [0.25, 0.3) is 11.6 Å². The number of carbonyl (C=O) groups is 1. The summed E-state index contributed by atoms with van der Waals surface area (Å²) >= 11 is 0. The Labute approximate surface area is 161 Å². The van der Waals surface area contributed by atoms with Crippen LogP contribution in [0.5, 0.6) is 28.7 Å². The zero-order chi connectivity index (χ0) is 20.8. The highest BCUT2D eigenvalue weighted by atomic mass is 19.1. The number of aliphatic carboxylic acids is 1. The van der Waals surface area contributed by atoms with Gasteiger partial charge in [-0.2, -0.15) is 4.39 Å². The zero-order valence-corrected chi connectivity index (χ0v) is 16.2. The van der Waals surface area contributed by atoms with Crippen LogP contribution in [0.1, 0.15) is 11.1 Å². The predicted molar refractivity (Wildman–Crippen MR) is 101 cm³/mol. The summed E-state index contributed by atoms with van der Waals surface area (Å²) in [6.45, 7) is 0. The van der Waals surface area contributed by atoms with Gasteiger partial charge in [0, 0.05) is 0 Å². The van der Waals surface area contributed by atoms with Crippen molar-refractivity contribution in [2.45, 2.75) is 0 Å². The van der Waals surface area contributed by atoms with Crippen LogP contribution in [-0.4, -0.2) is 46.6 Å². The van der Waals surface area contributed by atoms with Gasteiger partial charge in [-0.25, -0.2) is 4.79 Å². The maximum atomic E-state index is 14.1. The van der Waals surface area contributed by atoms with Gasteiger partial charge < -0.3 is 28.8 Å². The number of ether oxygens (including phenoxy) is 5. The van der Waals surface area contributed by atoms with E-state index in [1.807, 2.05) is 0 Å². The lowest BCUT2D eigenvalue weighted by Gasteiger charge is -2.15. The standard InChI is InChI=1S/C20H21FO7/c1-24-14-7-11(8-15(25-2)18(14)21)6-13(20(22)23)12-9-16(26-3)19(28-5)17(10-12)27-4/h6-10H,1-5H3,(H,22,23)/b13-6+. The van der Waals surface area contributed by atoms with Gasteiger partial charge in [0.15, 0.2) is 23.0 Å². The first kappa shape index (κ1) is 20.9. The first-order valence-electron chi connectivity index (χ1n) is 8.07. The van der Waals surface area contributed by atoms with E-state index >= 15 is 0 Å². The van der Waals surface area contributed by atoms with Crippen molar-refractivity contribution < 1.29 is 38.0 Å². The van der Waals surface area contributed by atoms with E-state index in [9.17, 15) is 14.3 Å². The minimum Gasteiger partial charge on any atom is -0.494 e. The second kappa shape index (κ2) is 8.98. The third-order valence-corrected chi connectivity index (χ3v) is 3.99. The van der Waals surface area contributed by atoms with Crippen molar-refractivity contribution in [1.29, 1.82) is 0 Å². The van der Waals surface area contributed by atoms with Crippen LogP contribution < -0.4 is 23.7 Å². The van der Waals surface area contributed by atoms with E-state index in [1.165, 1.54) is 65.9 Å². The van der Waals surface area contributed by atoms with Gasteiger partial charge in [-0.3, -0.25) is 0 Å². The monoisotopic (exact) mass is 392 g/mol. The van der Waals surface area contributed by atoms with Crippen molar-refractivity contribution in [3.05, 3.63) is 41.2 Å². The average Bonchev–Trinajstić information content (AvgIpc) is 2.71. The molecule has 7 nitrogen and oxygen atoms in total. The molecule has 0 saturated carbocycles. The van der Waals surface area contributed by atoms with Crippen molar-refractivity contribution in [2.75, 3.05) is 35.5 Å². The summed E-state index contributed by atoms with van der Waals surface area (Å²) in [5.74, 6) is -1.07. The molecule has 0 saturated heterocycles. The first-order valence-corrected chi connectivity index (χ1v) is 8.07. The molecule has 0 aliphatic carbocycles. The van der Waals surface area contributed by atoms with Gasteiger partial charge in [-0.15, -0.1) is 0 Å². The fraction of sp³-hybridized carbons (Fsp3) is 0.250. The summed E-state index contributed by atoms with van der Waals surface area (Å²) in [6.07, 6.45) is 1.37. The molecule has 0 aliphatic heterocycles. The van der Waals surface area contributed by atoms with Gasteiger partial charge >= 0.3 is 5.97 Å². The third kappa shape index (κ3) is 4.11. The minimum atomic E-state index is -1.20. The third-order valence-electron chi connectivity index (χ3n) is 3.99. The number of hydrogen-bond acceptors (Lipinski definition) is 6. The van der Waals surface area contributed by atoms with Gasteiger partial charge in [0.05, 0.1) is 41.1 Å². The highest BCUT2D eigenvalue weighted by Crippen LogP contribution is 2.40. The molecule has 0 unspecified atom stereocenters. The minimum absolute atomic E-state index is 0.0692. The molecule has 0 heterocycles. The SMILES string of the molecule is COc1cc(/C=C(/C(=O)O)c2cc(OC)c(OC)c(OC)c2)cc(OC)c1F. The Morgan fingerprint density at radius 3 is 1.64 bits per heavy atom. The Morgan fingerprint density at radius 1 is 0.821 bits per heavy atom. The number of hydrogen-bond donors (Lipinski definition) is 1. The van der Waals surface area contributed by atoms with E-state index < -0.39 is 11.8 Å². The van der Waals surface area contributed by atoms with Crippen LogP contribution in [0, 0.1) is 5.82 Å². The molecule has 1 N–H and O–H groups in total. The topological polar surface area (TPSA) is 83.5 Å². The van der Waals surface area contributed by atoms with Gasteiger partial charge in [0.1, 0.15) is 0 Å².